The molecule has 2 aliphatic heterocycles. The zero-order valence-corrected chi connectivity index (χ0v) is 19.9. The van der Waals surface area contributed by atoms with Gasteiger partial charge in [0.05, 0.1) is 24.9 Å². The first-order chi connectivity index (χ1) is 14.8. The highest BCUT2D eigenvalue weighted by atomic mass is 16.7. The SMILES string of the molecule is CCC(C)(C)O[C@@H]1C(CO)O[C@@H](O[C@H]2C(O)C(O)[C@H](C(C)(C)CC)O[C@H]2CO)[C@@H](O)C1O. The third-order valence-corrected chi connectivity index (χ3v) is 6.96. The lowest BCUT2D eigenvalue weighted by Crippen LogP contribution is -2.66. The zero-order valence-electron chi connectivity index (χ0n) is 19.9. The van der Waals surface area contributed by atoms with Gasteiger partial charge < -0.3 is 49.6 Å². The molecule has 2 heterocycles. The van der Waals surface area contributed by atoms with Crippen LogP contribution in [-0.2, 0) is 18.9 Å². The van der Waals surface area contributed by atoms with Crippen molar-refractivity contribution in [3.8, 4) is 0 Å². The Kier molecular flexibility index (Phi) is 9.48. The van der Waals surface area contributed by atoms with E-state index in [2.05, 4.69) is 0 Å². The first-order valence-corrected chi connectivity index (χ1v) is 11.4. The second kappa shape index (κ2) is 10.9. The van der Waals surface area contributed by atoms with Crippen LogP contribution in [0.2, 0.25) is 0 Å². The van der Waals surface area contributed by atoms with Crippen LogP contribution in [0.25, 0.3) is 0 Å². The maximum atomic E-state index is 10.8. The summed E-state index contributed by atoms with van der Waals surface area (Å²) < 4.78 is 23.2. The summed E-state index contributed by atoms with van der Waals surface area (Å²) in [5.41, 5.74) is -1.11. The van der Waals surface area contributed by atoms with Gasteiger partial charge in [-0.1, -0.05) is 27.7 Å². The van der Waals surface area contributed by atoms with Crippen molar-refractivity contribution in [3.63, 3.8) is 0 Å². The smallest absolute Gasteiger partial charge is 0.187 e. The summed E-state index contributed by atoms with van der Waals surface area (Å²) in [5.74, 6) is 0. The quantitative estimate of drug-likeness (QED) is 0.257. The first-order valence-electron chi connectivity index (χ1n) is 11.4. The van der Waals surface area contributed by atoms with Gasteiger partial charge in [0, 0.05) is 0 Å². The molecule has 0 saturated carbocycles. The Balaban J connectivity index is 2.19. The van der Waals surface area contributed by atoms with E-state index in [4.69, 9.17) is 18.9 Å². The van der Waals surface area contributed by atoms with Crippen molar-refractivity contribution in [2.45, 2.75) is 121 Å². The Bertz CT molecular complexity index is 581. The largest absolute Gasteiger partial charge is 0.394 e. The Morgan fingerprint density at radius 3 is 1.75 bits per heavy atom. The van der Waals surface area contributed by atoms with Crippen LogP contribution in [0.1, 0.15) is 54.4 Å². The van der Waals surface area contributed by atoms with Crippen molar-refractivity contribution in [2.75, 3.05) is 13.2 Å². The fraction of sp³-hybridized carbons (Fsp3) is 1.00. The Morgan fingerprint density at radius 2 is 1.25 bits per heavy atom. The predicted molar refractivity (Wildman–Crippen MR) is 114 cm³/mol. The number of rotatable bonds is 9. The molecule has 0 amide bonds. The molecule has 10 atom stereocenters. The highest BCUT2D eigenvalue weighted by Crippen LogP contribution is 2.38. The van der Waals surface area contributed by atoms with E-state index in [9.17, 15) is 30.6 Å². The molecule has 0 aliphatic carbocycles. The highest BCUT2D eigenvalue weighted by Gasteiger charge is 2.53. The van der Waals surface area contributed by atoms with Gasteiger partial charge >= 0.3 is 0 Å². The average molecular weight is 467 g/mol. The molecule has 2 saturated heterocycles. The summed E-state index contributed by atoms with van der Waals surface area (Å²) >= 11 is 0. The lowest BCUT2D eigenvalue weighted by Gasteiger charge is -2.50. The Labute approximate surface area is 190 Å². The lowest BCUT2D eigenvalue weighted by atomic mass is 9.77. The van der Waals surface area contributed by atoms with Crippen molar-refractivity contribution in [1.82, 2.24) is 0 Å². The van der Waals surface area contributed by atoms with Gasteiger partial charge in [0.25, 0.3) is 0 Å². The number of aliphatic hydroxyl groups excluding tert-OH is 6. The molecule has 0 aromatic heterocycles. The molecule has 0 aromatic rings. The van der Waals surface area contributed by atoms with Crippen LogP contribution in [-0.4, -0.2) is 111 Å². The van der Waals surface area contributed by atoms with Crippen LogP contribution >= 0.6 is 0 Å². The van der Waals surface area contributed by atoms with Crippen molar-refractivity contribution >= 4 is 0 Å². The normalized spacial score (nSPS) is 41.6. The van der Waals surface area contributed by atoms with Gasteiger partial charge in [0.2, 0.25) is 0 Å². The molecule has 10 nitrogen and oxygen atoms in total. The Hall–Kier alpha value is -0.400. The zero-order chi connectivity index (χ0) is 24.4. The molecule has 190 valence electrons. The van der Waals surface area contributed by atoms with E-state index >= 15 is 0 Å². The third kappa shape index (κ3) is 5.80. The summed E-state index contributed by atoms with van der Waals surface area (Å²) in [4.78, 5) is 0. The van der Waals surface area contributed by atoms with E-state index < -0.39 is 85.5 Å². The lowest BCUT2D eigenvalue weighted by molar-refractivity contribution is -0.354. The van der Waals surface area contributed by atoms with Gasteiger partial charge in [-0.15, -0.1) is 0 Å². The maximum absolute atomic E-state index is 10.8. The topological polar surface area (TPSA) is 158 Å². The minimum Gasteiger partial charge on any atom is -0.394 e. The third-order valence-electron chi connectivity index (χ3n) is 6.96. The van der Waals surface area contributed by atoms with Gasteiger partial charge in [-0.3, -0.25) is 0 Å². The summed E-state index contributed by atoms with van der Waals surface area (Å²) in [6.45, 7) is 10.2. The number of ether oxygens (including phenoxy) is 4. The van der Waals surface area contributed by atoms with E-state index in [0.717, 1.165) is 0 Å². The Morgan fingerprint density at radius 1 is 0.719 bits per heavy atom. The molecule has 10 heteroatoms. The van der Waals surface area contributed by atoms with Crippen molar-refractivity contribution < 1.29 is 49.6 Å². The minimum absolute atomic E-state index is 0.478. The van der Waals surface area contributed by atoms with Crippen LogP contribution in [0.15, 0.2) is 0 Å². The van der Waals surface area contributed by atoms with E-state index in [0.29, 0.717) is 12.8 Å². The molecule has 6 N–H and O–H groups in total. The van der Waals surface area contributed by atoms with Gasteiger partial charge in [0.1, 0.15) is 48.8 Å². The molecule has 2 fully saturated rings. The van der Waals surface area contributed by atoms with E-state index in [-0.39, 0.29) is 0 Å². The summed E-state index contributed by atoms with van der Waals surface area (Å²) in [6, 6.07) is 0. The van der Waals surface area contributed by atoms with Gasteiger partial charge in [-0.05, 0) is 32.1 Å². The standard InChI is InChI=1S/C22H42O10/c1-7-21(3,4)19-15(27)13(25)17(11(9-23)29-19)31-20-16(28)14(26)18(12(10-24)30-20)32-22(5,6)8-2/h11-20,23-28H,7-10H2,1-6H3/t11-,12?,13?,14?,15?,16-,17+,18+,19+,20-/m0/s1. The molecule has 0 aromatic carbocycles. The molecule has 0 radical (unpaired) electrons. The van der Waals surface area contributed by atoms with Crippen molar-refractivity contribution in [2.24, 2.45) is 5.41 Å². The van der Waals surface area contributed by atoms with Crippen LogP contribution in [0.5, 0.6) is 0 Å². The summed E-state index contributed by atoms with van der Waals surface area (Å²) in [7, 11) is 0. The highest BCUT2D eigenvalue weighted by molar-refractivity contribution is 4.99. The molecule has 0 spiro atoms. The molecular formula is C22H42O10. The summed E-state index contributed by atoms with van der Waals surface area (Å²) in [5, 5.41) is 62.4. The first kappa shape index (κ1) is 27.8. The monoisotopic (exact) mass is 466 g/mol. The number of hydrogen-bond acceptors (Lipinski definition) is 10. The second-order valence-corrected chi connectivity index (χ2v) is 10.1. The van der Waals surface area contributed by atoms with Crippen LogP contribution < -0.4 is 0 Å². The van der Waals surface area contributed by atoms with Crippen LogP contribution in [0, 0.1) is 5.41 Å². The molecular weight excluding hydrogens is 424 g/mol. The number of aliphatic hydroxyl groups is 6. The van der Waals surface area contributed by atoms with E-state index in [1.165, 1.54) is 0 Å². The summed E-state index contributed by atoms with van der Waals surface area (Å²) in [6.07, 6.45) is -10.9. The number of hydrogen-bond donors (Lipinski definition) is 6. The van der Waals surface area contributed by atoms with Gasteiger partial charge in [-0.25, -0.2) is 0 Å². The molecule has 2 rings (SSSR count). The van der Waals surface area contributed by atoms with Crippen LogP contribution in [0.3, 0.4) is 0 Å². The van der Waals surface area contributed by atoms with Crippen LogP contribution in [0.4, 0.5) is 0 Å². The predicted octanol–water partition coefficient (Wildman–Crippen LogP) is -0.698. The average Bonchev–Trinajstić information content (AvgIpc) is 2.76. The molecule has 2 aliphatic rings. The fourth-order valence-corrected chi connectivity index (χ4v) is 4.02. The van der Waals surface area contributed by atoms with Gasteiger partial charge in [0.15, 0.2) is 6.29 Å². The van der Waals surface area contributed by atoms with Crippen molar-refractivity contribution in [3.05, 3.63) is 0 Å². The molecule has 0 bridgehead atoms. The van der Waals surface area contributed by atoms with E-state index in [1.54, 1.807) is 0 Å². The second-order valence-electron chi connectivity index (χ2n) is 10.1. The van der Waals surface area contributed by atoms with Crippen molar-refractivity contribution in [1.29, 1.82) is 0 Å². The molecule has 32 heavy (non-hydrogen) atoms. The maximum Gasteiger partial charge on any atom is 0.187 e. The van der Waals surface area contributed by atoms with Gasteiger partial charge in [-0.2, -0.15) is 0 Å². The minimum atomic E-state index is -1.57. The fourth-order valence-electron chi connectivity index (χ4n) is 4.02. The molecule has 4 unspecified atom stereocenters. The van der Waals surface area contributed by atoms with E-state index in [1.807, 2.05) is 41.5 Å².